The Labute approximate surface area is 97.0 Å². The lowest BCUT2D eigenvalue weighted by molar-refractivity contribution is 0.619. The summed E-state index contributed by atoms with van der Waals surface area (Å²) >= 11 is 5.97. The molecule has 0 aliphatic heterocycles. The summed E-state index contributed by atoms with van der Waals surface area (Å²) in [5, 5.41) is 0.737. The molecule has 1 aromatic carbocycles. The Morgan fingerprint density at radius 3 is 2.60 bits per heavy atom. The largest absolute Gasteiger partial charge is 0.397 e. The van der Waals surface area contributed by atoms with E-state index in [4.69, 9.17) is 17.3 Å². The van der Waals surface area contributed by atoms with Crippen molar-refractivity contribution in [1.29, 1.82) is 0 Å². The molecule has 0 aliphatic rings. The van der Waals surface area contributed by atoms with Crippen LogP contribution in [0.5, 0.6) is 0 Å². The van der Waals surface area contributed by atoms with Crippen molar-refractivity contribution in [2.45, 2.75) is 20.8 Å². The molecule has 84 valence electrons. The molecule has 0 saturated heterocycles. The first kappa shape index (κ1) is 12.2. The smallest absolute Gasteiger partial charge is 0.0614 e. The van der Waals surface area contributed by atoms with Gasteiger partial charge < -0.3 is 10.6 Å². The minimum Gasteiger partial charge on any atom is -0.397 e. The number of nitrogens with zero attached hydrogens (tertiary/aromatic N) is 1. The number of hydrogen-bond acceptors (Lipinski definition) is 2. The second kappa shape index (κ2) is 5.26. The van der Waals surface area contributed by atoms with Crippen LogP contribution in [0, 0.1) is 5.92 Å². The van der Waals surface area contributed by atoms with Crippen LogP contribution in [0.4, 0.5) is 11.4 Å². The number of nitrogens with two attached hydrogens (primary N) is 1. The highest BCUT2D eigenvalue weighted by atomic mass is 35.5. The topological polar surface area (TPSA) is 29.3 Å². The molecule has 0 spiro atoms. The first-order chi connectivity index (χ1) is 7.04. The van der Waals surface area contributed by atoms with Gasteiger partial charge in [-0.25, -0.2) is 0 Å². The van der Waals surface area contributed by atoms with E-state index in [-0.39, 0.29) is 0 Å². The first-order valence-electron chi connectivity index (χ1n) is 5.34. The van der Waals surface area contributed by atoms with Crippen molar-refractivity contribution in [3.8, 4) is 0 Å². The van der Waals surface area contributed by atoms with E-state index in [0.717, 1.165) is 29.5 Å². The van der Waals surface area contributed by atoms with Crippen LogP contribution in [0.15, 0.2) is 18.2 Å². The van der Waals surface area contributed by atoms with Crippen LogP contribution in [0.2, 0.25) is 5.02 Å². The number of nitrogen functional groups attached to an aromatic ring is 1. The van der Waals surface area contributed by atoms with Crippen LogP contribution in [0.3, 0.4) is 0 Å². The molecule has 15 heavy (non-hydrogen) atoms. The van der Waals surface area contributed by atoms with Gasteiger partial charge in [0.1, 0.15) is 0 Å². The number of halogens is 1. The normalized spacial score (nSPS) is 10.7. The summed E-state index contributed by atoms with van der Waals surface area (Å²) in [5.74, 6) is 0.614. The molecule has 0 aromatic heterocycles. The van der Waals surface area contributed by atoms with Gasteiger partial charge in [-0.05, 0) is 31.0 Å². The van der Waals surface area contributed by atoms with Gasteiger partial charge in [0.05, 0.1) is 11.4 Å². The van der Waals surface area contributed by atoms with E-state index in [9.17, 15) is 0 Å². The second-order valence-corrected chi connectivity index (χ2v) is 4.57. The fraction of sp³-hybridized carbons (Fsp3) is 0.500. The molecule has 0 saturated carbocycles. The highest BCUT2D eigenvalue weighted by molar-refractivity contribution is 6.31. The van der Waals surface area contributed by atoms with Crippen LogP contribution in [0.1, 0.15) is 20.8 Å². The SMILES string of the molecule is CCN(CC(C)C)c1cc(Cl)ccc1N. The van der Waals surface area contributed by atoms with Gasteiger partial charge in [-0.3, -0.25) is 0 Å². The van der Waals surface area contributed by atoms with Crippen molar-refractivity contribution in [2.75, 3.05) is 23.7 Å². The van der Waals surface area contributed by atoms with E-state index in [0.29, 0.717) is 5.92 Å². The molecule has 0 unspecified atom stereocenters. The highest BCUT2D eigenvalue weighted by Gasteiger charge is 2.09. The van der Waals surface area contributed by atoms with Gasteiger partial charge in [-0.2, -0.15) is 0 Å². The van der Waals surface area contributed by atoms with Crippen LogP contribution in [-0.2, 0) is 0 Å². The Hall–Kier alpha value is -0.890. The highest BCUT2D eigenvalue weighted by Crippen LogP contribution is 2.27. The average molecular weight is 227 g/mol. The van der Waals surface area contributed by atoms with Crippen molar-refractivity contribution < 1.29 is 0 Å². The van der Waals surface area contributed by atoms with E-state index >= 15 is 0 Å². The first-order valence-corrected chi connectivity index (χ1v) is 5.72. The standard InChI is InChI=1S/C12H19ClN2/c1-4-15(8-9(2)3)12-7-10(13)5-6-11(12)14/h5-7,9H,4,8,14H2,1-3H3. The van der Waals surface area contributed by atoms with Gasteiger partial charge in [-0.1, -0.05) is 25.4 Å². The molecule has 0 atom stereocenters. The molecule has 0 heterocycles. The van der Waals surface area contributed by atoms with Gasteiger partial charge in [0.15, 0.2) is 0 Å². The monoisotopic (exact) mass is 226 g/mol. The minimum atomic E-state index is 0.614. The van der Waals surface area contributed by atoms with Gasteiger partial charge in [0.25, 0.3) is 0 Å². The lowest BCUT2D eigenvalue weighted by Gasteiger charge is -2.26. The predicted molar refractivity (Wildman–Crippen MR) is 68.6 cm³/mol. The Morgan fingerprint density at radius 1 is 1.40 bits per heavy atom. The summed E-state index contributed by atoms with van der Waals surface area (Å²) in [6.07, 6.45) is 0. The predicted octanol–water partition coefficient (Wildman–Crippen LogP) is 3.40. The maximum atomic E-state index is 5.97. The Morgan fingerprint density at radius 2 is 2.07 bits per heavy atom. The maximum absolute atomic E-state index is 5.97. The Balaban J connectivity index is 2.95. The maximum Gasteiger partial charge on any atom is 0.0614 e. The second-order valence-electron chi connectivity index (χ2n) is 4.14. The third-order valence-electron chi connectivity index (χ3n) is 2.30. The molecule has 1 rings (SSSR count). The van der Waals surface area contributed by atoms with E-state index in [1.54, 1.807) is 0 Å². The van der Waals surface area contributed by atoms with E-state index in [1.165, 1.54) is 0 Å². The molecular weight excluding hydrogens is 208 g/mol. The molecule has 2 nitrogen and oxygen atoms in total. The molecule has 0 bridgehead atoms. The zero-order chi connectivity index (χ0) is 11.4. The van der Waals surface area contributed by atoms with Crippen LogP contribution in [-0.4, -0.2) is 13.1 Å². The van der Waals surface area contributed by atoms with Crippen molar-refractivity contribution in [2.24, 2.45) is 5.92 Å². The van der Waals surface area contributed by atoms with Crippen molar-refractivity contribution in [3.63, 3.8) is 0 Å². The van der Waals surface area contributed by atoms with E-state index in [1.807, 2.05) is 18.2 Å². The van der Waals surface area contributed by atoms with Crippen molar-refractivity contribution in [1.82, 2.24) is 0 Å². The van der Waals surface area contributed by atoms with Crippen molar-refractivity contribution in [3.05, 3.63) is 23.2 Å². The number of rotatable bonds is 4. The lowest BCUT2D eigenvalue weighted by Crippen LogP contribution is -2.27. The quantitative estimate of drug-likeness (QED) is 0.798. The summed E-state index contributed by atoms with van der Waals surface area (Å²) in [5.41, 5.74) is 7.78. The van der Waals surface area contributed by atoms with E-state index in [2.05, 4.69) is 25.7 Å². The lowest BCUT2D eigenvalue weighted by atomic mass is 10.1. The minimum absolute atomic E-state index is 0.614. The summed E-state index contributed by atoms with van der Waals surface area (Å²) in [4.78, 5) is 2.26. The average Bonchev–Trinajstić information content (AvgIpc) is 2.18. The molecule has 0 fully saturated rings. The van der Waals surface area contributed by atoms with Gasteiger partial charge in [0, 0.05) is 18.1 Å². The molecule has 0 radical (unpaired) electrons. The van der Waals surface area contributed by atoms with Gasteiger partial charge in [-0.15, -0.1) is 0 Å². The molecule has 1 aromatic rings. The van der Waals surface area contributed by atoms with Crippen LogP contribution < -0.4 is 10.6 Å². The molecule has 0 amide bonds. The molecular formula is C12H19ClN2. The molecule has 2 N–H and O–H groups in total. The third-order valence-corrected chi connectivity index (χ3v) is 2.54. The fourth-order valence-corrected chi connectivity index (χ4v) is 1.80. The van der Waals surface area contributed by atoms with Crippen molar-refractivity contribution >= 4 is 23.0 Å². The van der Waals surface area contributed by atoms with Crippen LogP contribution >= 0.6 is 11.6 Å². The van der Waals surface area contributed by atoms with E-state index < -0.39 is 0 Å². The molecule has 0 aliphatic carbocycles. The summed E-state index contributed by atoms with van der Waals surface area (Å²) in [6.45, 7) is 8.47. The zero-order valence-electron chi connectivity index (χ0n) is 9.63. The van der Waals surface area contributed by atoms with Gasteiger partial charge >= 0.3 is 0 Å². The number of hydrogen-bond donors (Lipinski definition) is 1. The summed E-state index contributed by atoms with van der Waals surface area (Å²) in [7, 11) is 0. The fourth-order valence-electron chi connectivity index (χ4n) is 1.63. The zero-order valence-corrected chi connectivity index (χ0v) is 10.4. The number of benzene rings is 1. The number of anilines is 2. The Kier molecular flexibility index (Phi) is 4.28. The van der Waals surface area contributed by atoms with Crippen LogP contribution in [0.25, 0.3) is 0 Å². The molecule has 3 heteroatoms. The summed E-state index contributed by atoms with van der Waals surface area (Å²) in [6, 6.07) is 5.62. The Bertz CT molecular complexity index is 323. The summed E-state index contributed by atoms with van der Waals surface area (Å²) < 4.78 is 0. The third kappa shape index (κ3) is 3.31. The van der Waals surface area contributed by atoms with Gasteiger partial charge in [0.2, 0.25) is 0 Å².